The van der Waals surface area contributed by atoms with Crippen molar-refractivity contribution in [2.75, 3.05) is 0 Å². The number of benzene rings is 1. The van der Waals surface area contributed by atoms with Gasteiger partial charge in [0.15, 0.2) is 5.03 Å². The third kappa shape index (κ3) is 5.42. The molecule has 1 heterocycles. The van der Waals surface area contributed by atoms with Gasteiger partial charge in [0.25, 0.3) is 10.0 Å². The Balaban J connectivity index is 2.32. The normalized spacial score (nSPS) is 12.6. The van der Waals surface area contributed by atoms with Gasteiger partial charge in [-0.2, -0.15) is 13.5 Å². The van der Waals surface area contributed by atoms with Gasteiger partial charge in [-0.15, -0.1) is 0 Å². The molecule has 0 aliphatic carbocycles. The van der Waals surface area contributed by atoms with Gasteiger partial charge in [0, 0.05) is 6.07 Å². The molecular formula is C20H28FN3O4S. The monoisotopic (exact) mass is 425 g/mol. The largest absolute Gasteiger partial charge is 0.384 e. The number of aromatic amines is 1. The van der Waals surface area contributed by atoms with Crippen molar-refractivity contribution in [2.45, 2.75) is 70.4 Å². The van der Waals surface area contributed by atoms with Crippen LogP contribution in [-0.4, -0.2) is 29.6 Å². The first-order chi connectivity index (χ1) is 13.2. The lowest BCUT2D eigenvalue weighted by molar-refractivity contribution is -0.118. The number of aliphatic hydroxyl groups is 1. The number of H-pyrrole nitrogens is 1. The molecule has 0 saturated carbocycles. The highest BCUT2D eigenvalue weighted by Gasteiger charge is 2.27. The molecular weight excluding hydrogens is 397 g/mol. The van der Waals surface area contributed by atoms with Crippen LogP contribution in [0.5, 0.6) is 0 Å². The fourth-order valence-corrected chi connectivity index (χ4v) is 3.98. The summed E-state index contributed by atoms with van der Waals surface area (Å²) in [7, 11) is -4.22. The minimum Gasteiger partial charge on any atom is -0.384 e. The van der Waals surface area contributed by atoms with Crippen LogP contribution in [0.1, 0.15) is 75.8 Å². The van der Waals surface area contributed by atoms with E-state index in [0.29, 0.717) is 16.7 Å². The number of sulfonamides is 1. The summed E-state index contributed by atoms with van der Waals surface area (Å²) in [5.74, 6) is -1.20. The zero-order chi connectivity index (χ0) is 22.1. The molecule has 1 aromatic heterocycles. The number of hydrogen-bond donors (Lipinski definition) is 3. The van der Waals surface area contributed by atoms with E-state index < -0.39 is 26.6 Å². The number of nitrogens with zero attached hydrogens (tertiary/aromatic N) is 1. The van der Waals surface area contributed by atoms with Gasteiger partial charge in [-0.3, -0.25) is 9.89 Å². The first-order valence-electron chi connectivity index (χ1n) is 9.38. The first kappa shape index (κ1) is 23.0. The number of nitrogens with one attached hydrogen (secondary N) is 2. The molecule has 2 rings (SSSR count). The molecule has 29 heavy (non-hydrogen) atoms. The summed E-state index contributed by atoms with van der Waals surface area (Å²) >= 11 is 0. The maximum atomic E-state index is 14.0. The van der Waals surface area contributed by atoms with E-state index in [-0.39, 0.29) is 29.8 Å². The maximum Gasteiger partial charge on any atom is 0.283 e. The van der Waals surface area contributed by atoms with Gasteiger partial charge in [0.1, 0.15) is 11.4 Å². The van der Waals surface area contributed by atoms with Crippen molar-refractivity contribution in [3.8, 4) is 0 Å². The Morgan fingerprint density at radius 2 is 1.69 bits per heavy atom. The minimum absolute atomic E-state index is 0.0386. The molecule has 0 fully saturated rings. The second-order valence-corrected chi connectivity index (χ2v) is 9.89. The molecule has 0 radical (unpaired) electrons. The molecule has 0 aliphatic heterocycles. The van der Waals surface area contributed by atoms with E-state index in [1.165, 1.54) is 32.0 Å². The van der Waals surface area contributed by atoms with Crippen LogP contribution >= 0.6 is 0 Å². The van der Waals surface area contributed by atoms with Crippen molar-refractivity contribution in [1.82, 2.24) is 14.9 Å². The summed E-state index contributed by atoms with van der Waals surface area (Å²) in [5.41, 5.74) is 0.865. The summed E-state index contributed by atoms with van der Waals surface area (Å²) in [5, 5.41) is 15.7. The topological polar surface area (TPSA) is 112 Å². The highest BCUT2D eigenvalue weighted by atomic mass is 32.2. The number of rotatable bonds is 7. The Bertz CT molecular complexity index is 976. The zero-order valence-corrected chi connectivity index (χ0v) is 18.3. The number of carbonyl (C=O) groups excluding carboxylic acids is 1. The third-order valence-corrected chi connectivity index (χ3v) is 5.86. The van der Waals surface area contributed by atoms with Gasteiger partial charge in [0.05, 0.1) is 12.1 Å². The number of amides is 1. The Morgan fingerprint density at radius 3 is 2.10 bits per heavy atom. The first-order valence-corrected chi connectivity index (χ1v) is 10.9. The summed E-state index contributed by atoms with van der Waals surface area (Å²) in [6.45, 7) is 10.5. The van der Waals surface area contributed by atoms with E-state index in [1.54, 1.807) is 0 Å². The number of hydrogen-bond acceptors (Lipinski definition) is 5. The summed E-state index contributed by atoms with van der Waals surface area (Å²) in [4.78, 5) is 12.6. The van der Waals surface area contributed by atoms with Crippen LogP contribution in [0.4, 0.5) is 4.39 Å². The molecule has 0 bridgehead atoms. The van der Waals surface area contributed by atoms with Crippen LogP contribution in [0.2, 0.25) is 0 Å². The van der Waals surface area contributed by atoms with E-state index >= 15 is 0 Å². The summed E-state index contributed by atoms with van der Waals surface area (Å²) in [6.07, 6.45) is -0.205. The summed E-state index contributed by atoms with van der Waals surface area (Å²) < 4.78 is 41.1. The molecule has 9 heteroatoms. The third-order valence-electron chi connectivity index (χ3n) is 4.60. The maximum absolute atomic E-state index is 14.0. The van der Waals surface area contributed by atoms with Crippen molar-refractivity contribution in [2.24, 2.45) is 0 Å². The smallest absolute Gasteiger partial charge is 0.283 e. The van der Waals surface area contributed by atoms with E-state index in [2.05, 4.69) is 10.2 Å². The standard InChI is InChI=1S/C20H28FN3O4S/c1-11(2)14-7-13(21)8-15(12(3)4)16(14)9-18(25)24-29(27,28)19-10-17(22-23-19)20(5,6)26/h7-8,10-12,26H,9H2,1-6H3,(H,22,23)(H,24,25). The van der Waals surface area contributed by atoms with E-state index in [4.69, 9.17) is 0 Å². The van der Waals surface area contributed by atoms with Gasteiger partial charge < -0.3 is 5.11 Å². The second kappa shape index (κ2) is 8.23. The van der Waals surface area contributed by atoms with Crippen LogP contribution in [0.25, 0.3) is 0 Å². The minimum atomic E-state index is -4.22. The lowest BCUT2D eigenvalue weighted by atomic mass is 9.87. The Kier molecular flexibility index (Phi) is 6.54. The lowest BCUT2D eigenvalue weighted by Crippen LogP contribution is -2.32. The van der Waals surface area contributed by atoms with Crippen LogP contribution in [0.3, 0.4) is 0 Å². The van der Waals surface area contributed by atoms with Crippen LogP contribution in [0, 0.1) is 5.82 Å². The molecule has 7 nitrogen and oxygen atoms in total. The lowest BCUT2D eigenvalue weighted by Gasteiger charge is -2.19. The SMILES string of the molecule is CC(C)c1cc(F)cc(C(C)C)c1CC(=O)NS(=O)(=O)c1cc(C(C)(C)O)[nH]n1. The van der Waals surface area contributed by atoms with E-state index in [0.717, 1.165) is 0 Å². The molecule has 0 saturated heterocycles. The predicted molar refractivity (Wildman–Crippen MR) is 107 cm³/mol. The van der Waals surface area contributed by atoms with Crippen LogP contribution in [0.15, 0.2) is 23.2 Å². The van der Waals surface area contributed by atoms with E-state index in [9.17, 15) is 22.7 Å². The molecule has 0 spiro atoms. The van der Waals surface area contributed by atoms with Crippen molar-refractivity contribution in [1.29, 1.82) is 0 Å². The molecule has 1 aromatic carbocycles. The highest BCUT2D eigenvalue weighted by molar-refractivity contribution is 7.90. The van der Waals surface area contributed by atoms with Gasteiger partial charge in [-0.05, 0) is 54.5 Å². The summed E-state index contributed by atoms with van der Waals surface area (Å²) in [6, 6.07) is 3.94. The number of halogens is 1. The van der Waals surface area contributed by atoms with Crippen LogP contribution in [-0.2, 0) is 26.8 Å². The van der Waals surface area contributed by atoms with Crippen molar-refractivity contribution in [3.63, 3.8) is 0 Å². The van der Waals surface area contributed by atoms with Gasteiger partial charge in [-0.25, -0.2) is 9.11 Å². The van der Waals surface area contributed by atoms with Gasteiger partial charge >= 0.3 is 0 Å². The zero-order valence-electron chi connectivity index (χ0n) is 17.5. The molecule has 0 atom stereocenters. The number of carbonyl (C=O) groups is 1. The molecule has 2 aromatic rings. The molecule has 3 N–H and O–H groups in total. The average Bonchev–Trinajstić information content (AvgIpc) is 3.06. The van der Waals surface area contributed by atoms with E-state index in [1.807, 2.05) is 32.4 Å². The fraction of sp³-hybridized carbons (Fsp3) is 0.500. The molecule has 0 unspecified atom stereocenters. The van der Waals surface area contributed by atoms with Crippen molar-refractivity contribution < 1.29 is 22.7 Å². The highest BCUT2D eigenvalue weighted by Crippen LogP contribution is 2.29. The van der Waals surface area contributed by atoms with Gasteiger partial charge in [-0.1, -0.05) is 27.7 Å². The number of aromatic nitrogens is 2. The van der Waals surface area contributed by atoms with Crippen molar-refractivity contribution in [3.05, 3.63) is 46.4 Å². The van der Waals surface area contributed by atoms with Crippen LogP contribution < -0.4 is 4.72 Å². The Morgan fingerprint density at radius 1 is 1.17 bits per heavy atom. The Labute approximate surface area is 170 Å². The second-order valence-electron chi connectivity index (χ2n) is 8.26. The average molecular weight is 426 g/mol. The van der Waals surface area contributed by atoms with Crippen molar-refractivity contribution >= 4 is 15.9 Å². The quantitative estimate of drug-likeness (QED) is 0.631. The fourth-order valence-electron chi connectivity index (χ4n) is 3.07. The van der Waals surface area contributed by atoms with Gasteiger partial charge in [0.2, 0.25) is 5.91 Å². The molecule has 160 valence electrons. The Hall–Kier alpha value is -2.26. The molecule has 0 aliphatic rings. The predicted octanol–water partition coefficient (Wildman–Crippen LogP) is 3.07. The molecule has 1 amide bonds.